The second kappa shape index (κ2) is 5.42. The lowest BCUT2D eigenvalue weighted by Gasteiger charge is -2.09. The summed E-state index contributed by atoms with van der Waals surface area (Å²) in [5, 5.41) is 1.38. The van der Waals surface area contributed by atoms with Crippen LogP contribution in [0, 0.1) is 9.39 Å². The van der Waals surface area contributed by atoms with Crippen molar-refractivity contribution in [3.8, 4) is 17.1 Å². The van der Waals surface area contributed by atoms with Crippen LogP contribution in [0.2, 0.25) is 5.15 Å². The smallest absolute Gasteiger partial charge is 0.222 e. The van der Waals surface area contributed by atoms with Gasteiger partial charge in [-0.15, -0.1) is 0 Å². The molecule has 0 saturated heterocycles. The van der Waals surface area contributed by atoms with E-state index in [4.69, 9.17) is 16.3 Å². The van der Waals surface area contributed by atoms with E-state index >= 15 is 0 Å². The van der Waals surface area contributed by atoms with Gasteiger partial charge in [-0.2, -0.15) is 0 Å². The van der Waals surface area contributed by atoms with Crippen LogP contribution in [0.15, 0.2) is 24.5 Å². The molecule has 0 aliphatic rings. The lowest BCUT2D eigenvalue weighted by Crippen LogP contribution is -1.98. The van der Waals surface area contributed by atoms with Crippen LogP contribution in [0.5, 0.6) is 5.88 Å². The highest BCUT2D eigenvalue weighted by atomic mass is 127. The standard InChI is InChI=1S/C14H10ClFIN3O/c1-20-10-6-18-11(15)4-8(10)12(17)13(20)9-3-7(16)5-19-14(9)21-2/h3-6H,1-2H3. The molecule has 3 aromatic rings. The van der Waals surface area contributed by atoms with Crippen molar-refractivity contribution >= 4 is 45.1 Å². The van der Waals surface area contributed by atoms with Crippen LogP contribution in [0.1, 0.15) is 0 Å². The minimum Gasteiger partial charge on any atom is -0.481 e. The minimum absolute atomic E-state index is 0.374. The fourth-order valence-corrected chi connectivity index (χ4v) is 3.56. The highest BCUT2D eigenvalue weighted by Crippen LogP contribution is 2.38. The Kier molecular flexibility index (Phi) is 3.75. The maximum Gasteiger partial charge on any atom is 0.222 e. The van der Waals surface area contributed by atoms with E-state index in [1.165, 1.54) is 13.2 Å². The number of rotatable bonds is 2. The molecule has 0 aliphatic carbocycles. The molecule has 0 amide bonds. The summed E-state index contributed by atoms with van der Waals surface area (Å²) in [7, 11) is 3.40. The Balaban J connectivity index is 2.38. The molecule has 0 N–H and O–H groups in total. The van der Waals surface area contributed by atoms with Gasteiger partial charge in [0.25, 0.3) is 0 Å². The van der Waals surface area contributed by atoms with Gasteiger partial charge in [0.15, 0.2) is 0 Å². The van der Waals surface area contributed by atoms with E-state index in [1.807, 2.05) is 11.6 Å². The monoisotopic (exact) mass is 417 g/mol. The number of ether oxygens (including phenoxy) is 1. The molecule has 108 valence electrons. The van der Waals surface area contributed by atoms with Crippen LogP contribution >= 0.6 is 34.2 Å². The van der Waals surface area contributed by atoms with Gasteiger partial charge in [-0.1, -0.05) is 11.6 Å². The summed E-state index contributed by atoms with van der Waals surface area (Å²) in [5.74, 6) is -0.0395. The van der Waals surface area contributed by atoms with Crippen molar-refractivity contribution in [2.75, 3.05) is 7.11 Å². The molecule has 3 heterocycles. The molecule has 0 aliphatic heterocycles. The Bertz CT molecular complexity index is 850. The molecule has 4 nitrogen and oxygen atoms in total. The van der Waals surface area contributed by atoms with Crippen LogP contribution in [0.4, 0.5) is 4.39 Å². The average molecular weight is 418 g/mol. The number of pyridine rings is 2. The molecule has 0 unspecified atom stereocenters. The van der Waals surface area contributed by atoms with E-state index in [-0.39, 0.29) is 0 Å². The first kappa shape index (κ1) is 14.5. The highest BCUT2D eigenvalue weighted by molar-refractivity contribution is 14.1. The van der Waals surface area contributed by atoms with E-state index in [2.05, 4.69) is 32.6 Å². The van der Waals surface area contributed by atoms with Crippen LogP contribution in [0.25, 0.3) is 22.2 Å². The van der Waals surface area contributed by atoms with Crippen LogP contribution in [0.3, 0.4) is 0 Å². The quantitative estimate of drug-likeness (QED) is 0.467. The molecule has 0 radical (unpaired) electrons. The fourth-order valence-electron chi connectivity index (χ4n) is 2.32. The van der Waals surface area contributed by atoms with Crippen LogP contribution in [-0.4, -0.2) is 21.6 Å². The normalized spacial score (nSPS) is 11.1. The van der Waals surface area contributed by atoms with Crippen molar-refractivity contribution in [3.05, 3.63) is 39.1 Å². The summed E-state index contributed by atoms with van der Waals surface area (Å²) in [5.41, 5.74) is 2.32. The lowest BCUT2D eigenvalue weighted by atomic mass is 10.2. The molecular formula is C14H10ClFIN3O. The Morgan fingerprint density at radius 2 is 2.05 bits per heavy atom. The predicted octanol–water partition coefficient (Wildman–Crippen LogP) is 4.04. The average Bonchev–Trinajstić information content (AvgIpc) is 2.70. The molecule has 0 saturated carbocycles. The van der Waals surface area contributed by atoms with Gasteiger partial charge in [-0.3, -0.25) is 0 Å². The van der Waals surface area contributed by atoms with E-state index in [0.717, 1.165) is 26.4 Å². The van der Waals surface area contributed by atoms with E-state index < -0.39 is 5.82 Å². The second-order valence-corrected chi connectivity index (χ2v) is 5.92. The molecule has 3 rings (SSSR count). The number of aryl methyl sites for hydroxylation is 1. The van der Waals surface area contributed by atoms with Gasteiger partial charge >= 0.3 is 0 Å². The van der Waals surface area contributed by atoms with Crippen LogP contribution < -0.4 is 4.74 Å². The SMILES string of the molecule is COc1ncc(F)cc1-c1c(I)c2cc(Cl)ncc2n1C. The molecule has 21 heavy (non-hydrogen) atoms. The molecule has 0 aromatic carbocycles. The number of halogens is 3. The third-order valence-corrected chi connectivity index (χ3v) is 4.56. The molecule has 7 heteroatoms. The minimum atomic E-state index is -0.414. The first-order valence-electron chi connectivity index (χ1n) is 6.02. The maximum absolute atomic E-state index is 13.6. The summed E-state index contributed by atoms with van der Waals surface area (Å²) in [4.78, 5) is 8.08. The Labute approximate surface area is 139 Å². The Morgan fingerprint density at radius 1 is 1.29 bits per heavy atom. The van der Waals surface area contributed by atoms with E-state index in [1.54, 1.807) is 12.3 Å². The van der Waals surface area contributed by atoms with Crippen molar-refractivity contribution in [2.45, 2.75) is 0 Å². The molecule has 0 fully saturated rings. The van der Waals surface area contributed by atoms with Gasteiger partial charge in [0.05, 0.1) is 36.3 Å². The highest BCUT2D eigenvalue weighted by Gasteiger charge is 2.20. The van der Waals surface area contributed by atoms with Gasteiger partial charge in [0.1, 0.15) is 11.0 Å². The van der Waals surface area contributed by atoms with Gasteiger partial charge < -0.3 is 9.30 Å². The molecule has 0 bridgehead atoms. The van der Waals surface area contributed by atoms with E-state index in [9.17, 15) is 4.39 Å². The predicted molar refractivity (Wildman–Crippen MR) is 88.2 cm³/mol. The molecule has 0 atom stereocenters. The van der Waals surface area contributed by atoms with Crippen molar-refractivity contribution in [2.24, 2.45) is 7.05 Å². The van der Waals surface area contributed by atoms with Crippen molar-refractivity contribution in [1.82, 2.24) is 14.5 Å². The topological polar surface area (TPSA) is 39.9 Å². The van der Waals surface area contributed by atoms with Crippen molar-refractivity contribution in [1.29, 1.82) is 0 Å². The summed E-state index contributed by atoms with van der Waals surface area (Å²) in [6.07, 6.45) is 2.83. The third-order valence-electron chi connectivity index (χ3n) is 3.26. The molecule has 3 aromatic heterocycles. The van der Waals surface area contributed by atoms with E-state index in [0.29, 0.717) is 16.6 Å². The van der Waals surface area contributed by atoms with Crippen LogP contribution in [-0.2, 0) is 7.05 Å². The summed E-state index contributed by atoms with van der Waals surface area (Å²) < 4.78 is 21.7. The maximum atomic E-state index is 13.6. The first-order valence-corrected chi connectivity index (χ1v) is 7.48. The summed E-state index contributed by atoms with van der Waals surface area (Å²) in [6, 6.07) is 3.21. The van der Waals surface area contributed by atoms with Gasteiger partial charge in [-0.25, -0.2) is 14.4 Å². The summed E-state index contributed by atoms with van der Waals surface area (Å²) >= 11 is 8.17. The second-order valence-electron chi connectivity index (χ2n) is 4.46. The Hall–Kier alpha value is -1.41. The van der Waals surface area contributed by atoms with Crippen molar-refractivity contribution in [3.63, 3.8) is 0 Å². The zero-order valence-corrected chi connectivity index (χ0v) is 14.1. The fraction of sp³-hybridized carbons (Fsp3) is 0.143. The number of nitrogens with zero attached hydrogens (tertiary/aromatic N) is 3. The van der Waals surface area contributed by atoms with Gasteiger partial charge in [-0.05, 0) is 34.7 Å². The zero-order chi connectivity index (χ0) is 15.1. The number of fused-ring (bicyclic) bond motifs is 1. The number of aromatic nitrogens is 3. The van der Waals surface area contributed by atoms with Gasteiger partial charge in [0, 0.05) is 16.0 Å². The third kappa shape index (κ3) is 2.36. The summed E-state index contributed by atoms with van der Waals surface area (Å²) in [6.45, 7) is 0. The number of methoxy groups -OCH3 is 1. The van der Waals surface area contributed by atoms with Gasteiger partial charge in [0.2, 0.25) is 5.88 Å². The lowest BCUT2D eigenvalue weighted by molar-refractivity contribution is 0.397. The number of hydrogen-bond donors (Lipinski definition) is 0. The molecular weight excluding hydrogens is 408 g/mol. The largest absolute Gasteiger partial charge is 0.481 e. The Morgan fingerprint density at radius 3 is 2.76 bits per heavy atom. The van der Waals surface area contributed by atoms with Crippen molar-refractivity contribution < 1.29 is 9.13 Å². The first-order chi connectivity index (χ1) is 10.0. The number of hydrogen-bond acceptors (Lipinski definition) is 3. The zero-order valence-electron chi connectivity index (χ0n) is 11.2. The molecule has 0 spiro atoms.